The molecule has 2 aromatic heterocycles. The molecule has 31 heavy (non-hydrogen) atoms. The number of aryl methyl sites for hydroxylation is 1. The van der Waals surface area contributed by atoms with Crippen molar-refractivity contribution in [3.63, 3.8) is 0 Å². The van der Waals surface area contributed by atoms with E-state index >= 15 is 0 Å². The van der Waals surface area contributed by atoms with Crippen LogP contribution in [0.25, 0.3) is 11.1 Å². The van der Waals surface area contributed by atoms with Crippen LogP contribution in [0.2, 0.25) is 0 Å². The fraction of sp³-hybridized carbons (Fsp3) is 0.318. The van der Waals surface area contributed by atoms with Crippen molar-refractivity contribution >= 4 is 11.7 Å². The van der Waals surface area contributed by atoms with Gasteiger partial charge in [-0.3, -0.25) is 9.48 Å². The lowest BCUT2D eigenvalue weighted by molar-refractivity contribution is 0.0776. The molecule has 2 bridgehead atoms. The molecule has 0 spiro atoms. The Bertz CT molecular complexity index is 1160. The van der Waals surface area contributed by atoms with Crippen LogP contribution in [0.15, 0.2) is 30.5 Å². The predicted octanol–water partition coefficient (Wildman–Crippen LogP) is 3.33. The predicted molar refractivity (Wildman–Crippen MR) is 113 cm³/mol. The molecule has 9 heteroatoms. The lowest BCUT2D eigenvalue weighted by Crippen LogP contribution is -2.29. The van der Waals surface area contributed by atoms with E-state index in [1.54, 1.807) is 35.9 Å². The number of nitrogen functional groups attached to an aromatic ring is 1. The first-order valence-corrected chi connectivity index (χ1v) is 9.91. The summed E-state index contributed by atoms with van der Waals surface area (Å²) in [6.07, 6.45) is 1.53. The van der Waals surface area contributed by atoms with Gasteiger partial charge in [0.05, 0.1) is 24.9 Å². The van der Waals surface area contributed by atoms with Gasteiger partial charge in [0.25, 0.3) is 5.91 Å². The second-order valence-corrected chi connectivity index (χ2v) is 7.47. The van der Waals surface area contributed by atoms with Gasteiger partial charge in [0.1, 0.15) is 11.9 Å². The maximum atomic E-state index is 14.1. The molecular weight excluding hydrogens is 401 g/mol. The molecule has 1 amide bonds. The summed E-state index contributed by atoms with van der Waals surface area (Å²) >= 11 is 0. The molecule has 0 fully saturated rings. The number of methoxy groups -OCH3 is 1. The second-order valence-electron chi connectivity index (χ2n) is 7.47. The van der Waals surface area contributed by atoms with Crippen molar-refractivity contribution in [2.24, 2.45) is 7.05 Å². The van der Waals surface area contributed by atoms with Gasteiger partial charge < -0.3 is 20.1 Å². The second kappa shape index (κ2) is 7.90. The molecule has 0 aliphatic carbocycles. The number of carbonyl (C=O) groups is 1. The Kier molecular flexibility index (Phi) is 5.26. The molecule has 2 N–H and O–H groups in total. The minimum absolute atomic E-state index is 0.199. The molecule has 0 radical (unpaired) electrons. The first-order valence-electron chi connectivity index (χ1n) is 9.91. The van der Waals surface area contributed by atoms with Crippen LogP contribution in [0.3, 0.4) is 0 Å². The Labute approximate surface area is 179 Å². The number of anilines is 1. The molecule has 8 nitrogen and oxygen atoms in total. The Morgan fingerprint density at radius 3 is 2.81 bits per heavy atom. The van der Waals surface area contributed by atoms with E-state index in [0.29, 0.717) is 40.3 Å². The highest BCUT2D eigenvalue weighted by molar-refractivity contribution is 5.96. The normalized spacial score (nSPS) is 16.0. The maximum absolute atomic E-state index is 14.1. The fourth-order valence-electron chi connectivity index (χ4n) is 3.85. The summed E-state index contributed by atoms with van der Waals surface area (Å²) in [6.45, 7) is 2.16. The van der Waals surface area contributed by atoms with E-state index in [1.807, 2.05) is 6.92 Å². The topological polar surface area (TPSA) is 95.5 Å². The molecule has 1 atom stereocenters. The van der Waals surface area contributed by atoms with Crippen molar-refractivity contribution in [1.29, 1.82) is 0 Å². The van der Waals surface area contributed by atoms with E-state index in [0.717, 1.165) is 5.69 Å². The highest BCUT2D eigenvalue weighted by Crippen LogP contribution is 2.39. The van der Waals surface area contributed by atoms with Gasteiger partial charge in [-0.25, -0.2) is 9.37 Å². The summed E-state index contributed by atoms with van der Waals surface area (Å²) in [4.78, 5) is 19.2. The van der Waals surface area contributed by atoms with E-state index in [4.69, 9.17) is 15.2 Å². The smallest absolute Gasteiger partial charge is 0.254 e. The van der Waals surface area contributed by atoms with Crippen LogP contribution in [0.5, 0.6) is 11.6 Å². The quantitative estimate of drug-likeness (QED) is 0.677. The van der Waals surface area contributed by atoms with Crippen LogP contribution in [-0.2, 0) is 13.6 Å². The van der Waals surface area contributed by atoms with Gasteiger partial charge in [-0.05, 0) is 30.7 Å². The number of aromatic nitrogens is 3. The van der Waals surface area contributed by atoms with Gasteiger partial charge in [-0.15, -0.1) is 5.10 Å². The first-order chi connectivity index (χ1) is 14.8. The van der Waals surface area contributed by atoms with E-state index in [-0.39, 0.29) is 18.3 Å². The minimum Gasteiger partial charge on any atom is -0.482 e. The number of rotatable bonds is 2. The fourth-order valence-corrected chi connectivity index (χ4v) is 3.85. The number of halogens is 1. The maximum Gasteiger partial charge on any atom is 0.254 e. The highest BCUT2D eigenvalue weighted by atomic mass is 19.1. The SMILES string of the molecule is CCC1Oc2cc(cnc2N)-c2c(OC)nn(C)c2CN(C)C(=O)c2ccc(F)cc21. The number of fused-ring (bicyclic) bond motifs is 5. The van der Waals surface area contributed by atoms with Crippen molar-refractivity contribution in [2.45, 2.75) is 26.0 Å². The summed E-state index contributed by atoms with van der Waals surface area (Å²) in [6, 6.07) is 5.88. The van der Waals surface area contributed by atoms with Gasteiger partial charge in [0.2, 0.25) is 5.88 Å². The largest absolute Gasteiger partial charge is 0.482 e. The molecule has 3 heterocycles. The lowest BCUT2D eigenvalue weighted by Gasteiger charge is -2.25. The zero-order valence-electron chi connectivity index (χ0n) is 17.8. The van der Waals surface area contributed by atoms with Gasteiger partial charge in [-0.1, -0.05) is 6.92 Å². The standard InChI is InChI=1S/C22H24FN5O3/c1-5-17-15-9-13(23)6-7-14(15)22(29)27(2)11-16-19(21(30-4)26-28(16)3)12-8-18(31-17)20(24)25-10-12/h6-10,17H,5,11H2,1-4H3,(H2,24,25). The molecule has 0 saturated heterocycles. The summed E-state index contributed by atoms with van der Waals surface area (Å²) < 4.78 is 27.5. The van der Waals surface area contributed by atoms with Crippen LogP contribution in [0, 0.1) is 5.82 Å². The van der Waals surface area contributed by atoms with E-state index < -0.39 is 11.9 Å². The number of hydrogen-bond donors (Lipinski definition) is 1. The van der Waals surface area contributed by atoms with Crippen LogP contribution in [0.4, 0.5) is 10.2 Å². The van der Waals surface area contributed by atoms with E-state index in [2.05, 4.69) is 10.1 Å². The third-order valence-electron chi connectivity index (χ3n) is 5.46. The third-order valence-corrected chi connectivity index (χ3v) is 5.46. The number of nitrogens with two attached hydrogens (primary N) is 1. The highest BCUT2D eigenvalue weighted by Gasteiger charge is 2.28. The van der Waals surface area contributed by atoms with Gasteiger partial charge in [0, 0.05) is 37.0 Å². The van der Waals surface area contributed by atoms with Crippen molar-refractivity contribution < 1.29 is 18.7 Å². The average molecular weight is 425 g/mol. The third kappa shape index (κ3) is 3.56. The van der Waals surface area contributed by atoms with Crippen molar-refractivity contribution in [3.05, 3.63) is 53.1 Å². The molecule has 0 saturated carbocycles. The van der Waals surface area contributed by atoms with Crippen molar-refractivity contribution in [2.75, 3.05) is 19.9 Å². The molecule has 4 rings (SSSR count). The average Bonchev–Trinajstić information content (AvgIpc) is 3.07. The number of pyridine rings is 1. The number of benzene rings is 1. The first kappa shape index (κ1) is 20.6. The van der Waals surface area contributed by atoms with E-state index in [1.165, 1.54) is 25.3 Å². The van der Waals surface area contributed by atoms with Gasteiger partial charge in [0.15, 0.2) is 11.6 Å². The Hall–Kier alpha value is -3.62. The Morgan fingerprint density at radius 1 is 1.32 bits per heavy atom. The summed E-state index contributed by atoms with van der Waals surface area (Å²) in [5, 5.41) is 4.43. The lowest BCUT2D eigenvalue weighted by atomic mass is 9.98. The molecule has 3 aromatic rings. The molecule has 162 valence electrons. The molecule has 1 unspecified atom stereocenters. The zero-order chi connectivity index (χ0) is 22.3. The van der Waals surface area contributed by atoms with Gasteiger partial charge >= 0.3 is 0 Å². The summed E-state index contributed by atoms with van der Waals surface area (Å²) in [7, 11) is 5.01. The number of carbonyl (C=O) groups excluding carboxylic acids is 1. The van der Waals surface area contributed by atoms with Crippen LogP contribution < -0.4 is 15.2 Å². The number of hydrogen-bond acceptors (Lipinski definition) is 6. The molecule has 1 aromatic carbocycles. The number of ether oxygens (including phenoxy) is 2. The minimum atomic E-state index is -0.586. The van der Waals surface area contributed by atoms with Gasteiger partial charge in [-0.2, -0.15) is 0 Å². The van der Waals surface area contributed by atoms with Crippen LogP contribution in [-0.4, -0.2) is 39.7 Å². The zero-order valence-corrected chi connectivity index (χ0v) is 17.8. The molecule has 1 aliphatic heterocycles. The van der Waals surface area contributed by atoms with E-state index in [9.17, 15) is 9.18 Å². The number of amides is 1. The molecule has 1 aliphatic rings. The Balaban J connectivity index is 1.99. The van der Waals surface area contributed by atoms with Crippen LogP contribution in [0.1, 0.15) is 41.1 Å². The van der Waals surface area contributed by atoms with Crippen molar-refractivity contribution in [1.82, 2.24) is 19.7 Å². The Morgan fingerprint density at radius 2 is 2.10 bits per heavy atom. The monoisotopic (exact) mass is 425 g/mol. The van der Waals surface area contributed by atoms with Crippen molar-refractivity contribution in [3.8, 4) is 22.8 Å². The van der Waals surface area contributed by atoms with Crippen LogP contribution >= 0.6 is 0 Å². The summed E-state index contributed by atoms with van der Waals surface area (Å²) in [5.74, 6) is 0.255. The molecular formula is C22H24FN5O3. The number of nitrogens with zero attached hydrogens (tertiary/aromatic N) is 4. The summed E-state index contributed by atoms with van der Waals surface area (Å²) in [5.41, 5.74) is 9.07.